The van der Waals surface area contributed by atoms with Crippen molar-refractivity contribution in [2.45, 2.75) is 0 Å². The van der Waals surface area contributed by atoms with Gasteiger partial charge in [-0.05, 0) is 147 Å². The van der Waals surface area contributed by atoms with Crippen molar-refractivity contribution >= 4 is 107 Å². The summed E-state index contributed by atoms with van der Waals surface area (Å²) in [5.41, 5.74) is 29.0. The lowest BCUT2D eigenvalue weighted by atomic mass is 9.90. The molecule has 10 nitrogen and oxygen atoms in total. The summed E-state index contributed by atoms with van der Waals surface area (Å²) in [6.45, 7) is 0. The molecular formula is C124H78N10S2. The van der Waals surface area contributed by atoms with Gasteiger partial charge in [-0.15, -0.1) is 22.7 Å². The van der Waals surface area contributed by atoms with E-state index in [-0.39, 0.29) is 0 Å². The molecule has 0 saturated heterocycles. The zero-order valence-electron chi connectivity index (χ0n) is 73.3. The summed E-state index contributed by atoms with van der Waals surface area (Å²) < 4.78 is 9.56. The first kappa shape index (κ1) is 80.4. The molecule has 8 aromatic heterocycles. The van der Waals surface area contributed by atoms with E-state index in [0.29, 0.717) is 34.9 Å². The standard InChI is InChI=1S/2C62H39N5S/c1-6-19-40(20-7-1)44-33-34-47(41-21-8-2-9-22-41)51(35-44)45-36-54(62-65-60(42-23-10-3-11-24-42)64-61(66-62)43-25-12-4-13-26-43)58(63-39-45)50-31-18-30-49-53-37-52-48-29-16-17-32-55(48)67(46-27-14-5-15-28-46)56(52)38-57(53)68-59(49)50;1-6-18-40(19-7-1)44-30-32-48(41-20-8-2-9-21-41)51(34-44)46-35-54(62-65-60(42-22-10-3-11-23-42)64-61(66-62)43-24-12-4-13-25-43)59(63-39-46)45-31-33-50-53-37-52-49-28-16-17-29-55(49)67(47-26-14-5-15-27-47)56(52)38-58(53)68-57(50)36-45/h2*1-39H. The van der Waals surface area contributed by atoms with E-state index in [2.05, 4.69) is 373 Å². The van der Waals surface area contributed by atoms with Gasteiger partial charge in [-0.2, -0.15) is 0 Å². The molecule has 0 aliphatic rings. The highest BCUT2D eigenvalue weighted by Crippen LogP contribution is 2.50. The van der Waals surface area contributed by atoms with E-state index in [0.717, 1.165) is 139 Å². The van der Waals surface area contributed by atoms with Crippen molar-refractivity contribution in [2.24, 2.45) is 0 Å². The number of hydrogen-bond donors (Lipinski definition) is 0. The van der Waals surface area contributed by atoms with E-state index in [9.17, 15) is 0 Å². The number of aromatic nitrogens is 10. The van der Waals surface area contributed by atoms with E-state index < -0.39 is 0 Å². The molecule has 136 heavy (non-hydrogen) atoms. The highest BCUT2D eigenvalue weighted by atomic mass is 32.1. The van der Waals surface area contributed by atoms with Gasteiger partial charge in [0.15, 0.2) is 34.9 Å². The Kier molecular flexibility index (Phi) is 20.4. The second-order valence-electron chi connectivity index (χ2n) is 34.0. The molecule has 0 bridgehead atoms. The number of nitrogens with zero attached hydrogens (tertiary/aromatic N) is 10. The molecule has 636 valence electrons. The number of hydrogen-bond acceptors (Lipinski definition) is 10. The smallest absolute Gasteiger partial charge is 0.166 e. The SMILES string of the molecule is c1ccc(-c2ccc(-c3ccccc3)c(-c3cnc(-c4ccc5c(c4)sc4cc6c(cc45)c4ccccc4n6-c4ccccc4)c(-c4nc(-c5ccccc5)nc(-c5ccccc5)n4)c3)c2)cc1.c1ccc(-c2ccc(-c3ccccc3)c(-c3cnc(-c4cccc5c4sc4cc6c(cc45)c4ccccc4n6-c4ccccc4)c(-c4nc(-c5ccccc5)nc(-c5ccccc5)n4)c3)c2)cc1. The number of fused-ring (bicyclic) bond motifs is 12. The average Bonchev–Trinajstić information content (AvgIpc) is 1.55. The molecule has 0 unspecified atom stereocenters. The number of para-hydroxylation sites is 4. The molecule has 0 spiro atoms. The van der Waals surface area contributed by atoms with Crippen molar-refractivity contribution in [1.82, 2.24) is 49.0 Å². The van der Waals surface area contributed by atoms with Crippen LogP contribution in [0.5, 0.6) is 0 Å². The van der Waals surface area contributed by atoms with Crippen LogP contribution in [0, 0.1) is 0 Å². The van der Waals surface area contributed by atoms with Crippen LogP contribution in [0.15, 0.2) is 473 Å². The van der Waals surface area contributed by atoms with Gasteiger partial charge >= 0.3 is 0 Å². The van der Waals surface area contributed by atoms with Crippen molar-refractivity contribution in [2.75, 3.05) is 0 Å². The number of thiophene rings is 2. The Bertz CT molecular complexity index is 8940. The quantitative estimate of drug-likeness (QED) is 0.0940. The summed E-state index contributed by atoms with van der Waals surface area (Å²) in [4.78, 5) is 42.3. The maximum absolute atomic E-state index is 5.51. The first-order valence-electron chi connectivity index (χ1n) is 45.6. The minimum atomic E-state index is 0.551. The van der Waals surface area contributed by atoms with Gasteiger partial charge in [0.05, 0.1) is 33.5 Å². The van der Waals surface area contributed by atoms with Gasteiger partial charge in [0, 0.05) is 141 Å². The monoisotopic (exact) mass is 1770 g/mol. The average molecular weight is 1770 g/mol. The molecule has 12 heteroatoms. The third-order valence-corrected chi connectivity index (χ3v) is 28.1. The summed E-state index contributed by atoms with van der Waals surface area (Å²) in [6.07, 6.45) is 4.05. The van der Waals surface area contributed by atoms with Crippen molar-refractivity contribution in [1.29, 1.82) is 0 Å². The number of pyridine rings is 2. The van der Waals surface area contributed by atoms with Crippen LogP contribution in [0.1, 0.15) is 0 Å². The van der Waals surface area contributed by atoms with Gasteiger partial charge in [-0.25, -0.2) is 29.9 Å². The maximum atomic E-state index is 5.51. The Morgan fingerprint density at radius 2 is 0.493 bits per heavy atom. The fourth-order valence-corrected chi connectivity index (χ4v) is 21.7. The molecule has 26 aromatic rings. The van der Waals surface area contributed by atoms with E-state index in [1.165, 1.54) is 79.3 Å². The largest absolute Gasteiger partial charge is 0.309 e. The minimum absolute atomic E-state index is 0.551. The van der Waals surface area contributed by atoms with Crippen LogP contribution in [0.4, 0.5) is 0 Å². The molecule has 0 atom stereocenters. The van der Waals surface area contributed by atoms with Crippen LogP contribution in [-0.4, -0.2) is 49.0 Å². The van der Waals surface area contributed by atoms with Crippen LogP contribution in [-0.2, 0) is 0 Å². The fourth-order valence-electron chi connectivity index (χ4n) is 19.3. The third-order valence-electron chi connectivity index (χ3n) is 25.8. The Morgan fingerprint density at radius 3 is 0.926 bits per heavy atom. The molecule has 18 aromatic carbocycles. The van der Waals surface area contributed by atoms with Crippen LogP contribution in [0.2, 0.25) is 0 Å². The molecule has 0 aliphatic heterocycles. The fraction of sp³-hybridized carbons (Fsp3) is 0. The van der Waals surface area contributed by atoms with Crippen LogP contribution >= 0.6 is 22.7 Å². The molecule has 0 radical (unpaired) electrons. The molecule has 0 amide bonds. The van der Waals surface area contributed by atoms with Gasteiger partial charge in [-0.3, -0.25) is 9.97 Å². The van der Waals surface area contributed by atoms with Gasteiger partial charge in [0.2, 0.25) is 0 Å². The maximum Gasteiger partial charge on any atom is 0.166 e. The third kappa shape index (κ3) is 14.8. The van der Waals surface area contributed by atoms with Crippen molar-refractivity contribution in [3.63, 3.8) is 0 Å². The van der Waals surface area contributed by atoms with E-state index >= 15 is 0 Å². The summed E-state index contributed by atoms with van der Waals surface area (Å²) >= 11 is 3.63. The summed E-state index contributed by atoms with van der Waals surface area (Å²) in [7, 11) is 0. The van der Waals surface area contributed by atoms with Gasteiger partial charge in [0.25, 0.3) is 0 Å². The highest BCUT2D eigenvalue weighted by Gasteiger charge is 2.27. The Balaban J connectivity index is 0.000000145. The zero-order valence-corrected chi connectivity index (χ0v) is 75.0. The van der Waals surface area contributed by atoms with Crippen molar-refractivity contribution in [3.8, 4) is 169 Å². The predicted molar refractivity (Wildman–Crippen MR) is 566 cm³/mol. The normalized spacial score (nSPS) is 11.5. The molecule has 0 N–H and O–H groups in total. The molecule has 0 saturated carbocycles. The highest BCUT2D eigenvalue weighted by molar-refractivity contribution is 7.26. The Morgan fingerprint density at radius 1 is 0.162 bits per heavy atom. The molecule has 0 aliphatic carbocycles. The van der Waals surface area contributed by atoms with Crippen LogP contribution in [0.3, 0.4) is 0 Å². The number of rotatable bonds is 16. The second kappa shape index (κ2) is 34.6. The molecule has 8 heterocycles. The molecule has 0 fully saturated rings. The topological polar surface area (TPSA) is 113 Å². The van der Waals surface area contributed by atoms with Gasteiger partial charge < -0.3 is 9.13 Å². The minimum Gasteiger partial charge on any atom is -0.309 e. The van der Waals surface area contributed by atoms with E-state index in [1.807, 2.05) is 132 Å². The predicted octanol–water partition coefficient (Wildman–Crippen LogP) is 32.8. The first-order valence-corrected chi connectivity index (χ1v) is 47.2. The lowest BCUT2D eigenvalue weighted by Gasteiger charge is -2.16. The van der Waals surface area contributed by atoms with E-state index in [4.69, 9.17) is 39.9 Å². The van der Waals surface area contributed by atoms with Crippen molar-refractivity contribution in [3.05, 3.63) is 473 Å². The molecular weight excluding hydrogens is 1690 g/mol. The summed E-state index contributed by atoms with van der Waals surface area (Å²) in [5.74, 6) is 3.49. The Hall–Kier alpha value is -17.7. The van der Waals surface area contributed by atoms with Crippen LogP contribution in [0.25, 0.3) is 253 Å². The van der Waals surface area contributed by atoms with Gasteiger partial charge in [-0.1, -0.05) is 370 Å². The lowest BCUT2D eigenvalue weighted by Crippen LogP contribution is -2.02. The Labute approximate surface area is 792 Å². The second-order valence-corrected chi connectivity index (χ2v) is 36.1. The number of benzene rings is 18. The van der Waals surface area contributed by atoms with Crippen molar-refractivity contribution < 1.29 is 0 Å². The summed E-state index contributed by atoms with van der Waals surface area (Å²) in [5, 5.41) is 9.80. The summed E-state index contributed by atoms with van der Waals surface area (Å²) in [6, 6.07) is 162. The molecule has 26 rings (SSSR count). The zero-order chi connectivity index (χ0) is 89.9. The van der Waals surface area contributed by atoms with Gasteiger partial charge in [0.1, 0.15) is 0 Å². The van der Waals surface area contributed by atoms with E-state index in [1.54, 1.807) is 0 Å². The lowest BCUT2D eigenvalue weighted by molar-refractivity contribution is 1.07. The first-order chi connectivity index (χ1) is 67.4. The van der Waals surface area contributed by atoms with Crippen LogP contribution < -0.4 is 0 Å².